The molecule has 7 nitrogen and oxygen atoms in total. The summed E-state index contributed by atoms with van der Waals surface area (Å²) >= 11 is 0.940. The molecule has 2 N–H and O–H groups in total. The van der Waals surface area contributed by atoms with Gasteiger partial charge in [0.1, 0.15) is 10.9 Å². The zero-order valence-electron chi connectivity index (χ0n) is 12.8. The molecule has 0 spiro atoms. The number of carbonyl (C=O) groups excluding carboxylic acids is 1. The first-order valence-corrected chi connectivity index (χ1v) is 8.25. The monoisotopic (exact) mass is 335 g/mol. The molecular formula is C15H17N3O4S. The Morgan fingerprint density at radius 1 is 1.35 bits per heavy atom. The zero-order chi connectivity index (χ0) is 16.6. The van der Waals surface area contributed by atoms with Crippen LogP contribution in [0.2, 0.25) is 0 Å². The highest BCUT2D eigenvalue weighted by molar-refractivity contribution is 7.15. The summed E-state index contributed by atoms with van der Waals surface area (Å²) in [4.78, 5) is 28.1. The van der Waals surface area contributed by atoms with Crippen molar-refractivity contribution in [1.29, 1.82) is 0 Å². The molecule has 3 rings (SSSR count). The Labute approximate surface area is 136 Å². The van der Waals surface area contributed by atoms with E-state index < -0.39 is 12.0 Å². The van der Waals surface area contributed by atoms with Crippen molar-refractivity contribution < 1.29 is 19.2 Å². The minimum atomic E-state index is -1.04. The number of carboxylic acid groups (broad SMARTS) is 1. The van der Waals surface area contributed by atoms with Crippen LogP contribution in [0.5, 0.6) is 0 Å². The van der Waals surface area contributed by atoms with Crippen molar-refractivity contribution in [3.05, 3.63) is 33.6 Å². The van der Waals surface area contributed by atoms with Crippen LogP contribution in [0.1, 0.15) is 69.7 Å². The van der Waals surface area contributed by atoms with Gasteiger partial charge in [0.2, 0.25) is 5.89 Å². The number of carboxylic acids is 1. The van der Waals surface area contributed by atoms with Crippen molar-refractivity contribution in [2.45, 2.75) is 38.6 Å². The van der Waals surface area contributed by atoms with E-state index in [2.05, 4.69) is 15.5 Å². The van der Waals surface area contributed by atoms with Crippen molar-refractivity contribution in [3.63, 3.8) is 0 Å². The summed E-state index contributed by atoms with van der Waals surface area (Å²) in [6.07, 6.45) is 2.15. The number of carbonyl (C=O) groups is 2. The fourth-order valence-corrected chi connectivity index (χ4v) is 2.93. The molecule has 2 aromatic rings. The second-order valence-corrected chi connectivity index (χ2v) is 7.01. The first-order valence-electron chi connectivity index (χ1n) is 7.43. The van der Waals surface area contributed by atoms with Gasteiger partial charge in [-0.15, -0.1) is 11.3 Å². The van der Waals surface area contributed by atoms with Crippen molar-refractivity contribution >= 4 is 23.2 Å². The van der Waals surface area contributed by atoms with Gasteiger partial charge >= 0.3 is 5.97 Å². The number of aromatic nitrogens is 2. The average Bonchev–Trinajstić information content (AvgIpc) is 3.04. The predicted molar refractivity (Wildman–Crippen MR) is 82.6 cm³/mol. The Kier molecular flexibility index (Phi) is 4.16. The van der Waals surface area contributed by atoms with Crippen molar-refractivity contribution in [2.75, 3.05) is 0 Å². The lowest BCUT2D eigenvalue weighted by atomic mass is 10.0. The normalized spacial score (nSPS) is 15.6. The standard InChI is InChI=1S/C15H17N3O4S/c1-7(2)11(14-17-12(18-22-14)8-3-4-8)16-13(19)9-5-6-10(23-9)15(20)21/h5-8,11H,3-4H2,1-2H3,(H,16,19)(H,20,21)/t11-/m1/s1. The van der Waals surface area contributed by atoms with Gasteiger partial charge in [-0.1, -0.05) is 19.0 Å². The van der Waals surface area contributed by atoms with Gasteiger partial charge in [0.15, 0.2) is 5.82 Å². The summed E-state index contributed by atoms with van der Waals surface area (Å²) in [7, 11) is 0. The van der Waals surface area contributed by atoms with Gasteiger partial charge in [-0.2, -0.15) is 4.98 Å². The number of aromatic carboxylic acids is 1. The number of thiophene rings is 1. The van der Waals surface area contributed by atoms with E-state index in [1.165, 1.54) is 12.1 Å². The topological polar surface area (TPSA) is 105 Å². The molecule has 122 valence electrons. The molecule has 0 aliphatic heterocycles. The molecule has 23 heavy (non-hydrogen) atoms. The number of rotatable bonds is 6. The summed E-state index contributed by atoms with van der Waals surface area (Å²) in [5, 5.41) is 15.8. The second kappa shape index (κ2) is 6.11. The SMILES string of the molecule is CC(C)[C@@H](NC(=O)c1ccc(C(=O)O)s1)c1nc(C2CC2)no1. The van der Waals surface area contributed by atoms with Crippen LogP contribution in [0.4, 0.5) is 0 Å². The Hall–Kier alpha value is -2.22. The third kappa shape index (κ3) is 3.42. The van der Waals surface area contributed by atoms with Crippen molar-refractivity contribution in [3.8, 4) is 0 Å². The molecule has 1 atom stereocenters. The number of amides is 1. The lowest BCUT2D eigenvalue weighted by Gasteiger charge is -2.17. The van der Waals surface area contributed by atoms with E-state index in [4.69, 9.17) is 9.63 Å². The molecule has 0 radical (unpaired) electrons. The van der Waals surface area contributed by atoms with E-state index in [9.17, 15) is 9.59 Å². The highest BCUT2D eigenvalue weighted by Gasteiger charge is 2.32. The van der Waals surface area contributed by atoms with Crippen LogP contribution in [0.25, 0.3) is 0 Å². The Bertz CT molecular complexity index is 733. The molecule has 1 aliphatic carbocycles. The minimum Gasteiger partial charge on any atom is -0.477 e. The van der Waals surface area contributed by atoms with Crippen LogP contribution in [0.3, 0.4) is 0 Å². The molecule has 0 aromatic carbocycles. The summed E-state index contributed by atoms with van der Waals surface area (Å²) in [5.41, 5.74) is 0. The number of hydrogen-bond acceptors (Lipinski definition) is 6. The van der Waals surface area contributed by atoms with Gasteiger partial charge in [0.25, 0.3) is 5.91 Å². The van der Waals surface area contributed by atoms with Gasteiger partial charge in [-0.25, -0.2) is 4.79 Å². The molecule has 2 aromatic heterocycles. The van der Waals surface area contributed by atoms with Crippen molar-refractivity contribution in [2.24, 2.45) is 5.92 Å². The van der Waals surface area contributed by atoms with Crippen LogP contribution in [-0.4, -0.2) is 27.1 Å². The molecule has 1 saturated carbocycles. The Morgan fingerprint density at radius 3 is 2.61 bits per heavy atom. The summed E-state index contributed by atoms with van der Waals surface area (Å²) in [5.74, 6) is 0.152. The molecule has 2 heterocycles. The highest BCUT2D eigenvalue weighted by Crippen LogP contribution is 2.38. The van der Waals surface area contributed by atoms with Crippen molar-refractivity contribution in [1.82, 2.24) is 15.5 Å². The van der Waals surface area contributed by atoms with Gasteiger partial charge in [0, 0.05) is 5.92 Å². The smallest absolute Gasteiger partial charge is 0.345 e. The number of nitrogens with zero attached hydrogens (tertiary/aromatic N) is 2. The van der Waals surface area contributed by atoms with E-state index in [0.717, 1.165) is 24.2 Å². The third-order valence-corrected chi connectivity index (χ3v) is 4.73. The molecule has 1 fully saturated rings. The third-order valence-electron chi connectivity index (χ3n) is 3.66. The van der Waals surface area contributed by atoms with Gasteiger partial charge in [-0.05, 0) is 30.9 Å². The summed E-state index contributed by atoms with van der Waals surface area (Å²) < 4.78 is 5.30. The highest BCUT2D eigenvalue weighted by atomic mass is 32.1. The summed E-state index contributed by atoms with van der Waals surface area (Å²) in [6.45, 7) is 3.89. The summed E-state index contributed by atoms with van der Waals surface area (Å²) in [6, 6.07) is 2.52. The molecule has 1 aliphatic rings. The maximum atomic E-state index is 12.3. The first-order chi connectivity index (χ1) is 11.0. The Balaban J connectivity index is 1.75. The van der Waals surface area contributed by atoms with E-state index in [0.29, 0.717) is 22.5 Å². The van der Waals surface area contributed by atoms with E-state index >= 15 is 0 Å². The van der Waals surface area contributed by atoms with E-state index in [1.54, 1.807) is 0 Å². The average molecular weight is 335 g/mol. The minimum absolute atomic E-state index is 0.0605. The lowest BCUT2D eigenvalue weighted by molar-refractivity contribution is 0.0702. The van der Waals surface area contributed by atoms with Crippen LogP contribution in [0.15, 0.2) is 16.7 Å². The number of nitrogens with one attached hydrogen (secondary N) is 1. The maximum Gasteiger partial charge on any atom is 0.345 e. The molecule has 1 amide bonds. The van der Waals surface area contributed by atoms with Crippen LogP contribution < -0.4 is 5.32 Å². The predicted octanol–water partition coefficient (Wildman–Crippen LogP) is 2.83. The second-order valence-electron chi connectivity index (χ2n) is 5.93. The molecule has 0 saturated heterocycles. The van der Waals surface area contributed by atoms with Crippen LogP contribution >= 0.6 is 11.3 Å². The van der Waals surface area contributed by atoms with Gasteiger partial charge < -0.3 is 14.9 Å². The quantitative estimate of drug-likeness (QED) is 0.841. The van der Waals surface area contributed by atoms with Gasteiger partial charge in [0.05, 0.1) is 4.88 Å². The maximum absolute atomic E-state index is 12.3. The van der Waals surface area contributed by atoms with Crippen LogP contribution in [-0.2, 0) is 0 Å². The fourth-order valence-electron chi connectivity index (χ4n) is 2.18. The van der Waals surface area contributed by atoms with E-state index in [-0.39, 0.29) is 16.7 Å². The molecule has 8 heteroatoms. The zero-order valence-corrected chi connectivity index (χ0v) is 13.6. The van der Waals surface area contributed by atoms with Crippen LogP contribution in [0, 0.1) is 5.92 Å². The first kappa shape index (κ1) is 15.7. The lowest BCUT2D eigenvalue weighted by Crippen LogP contribution is -2.31. The molecular weight excluding hydrogens is 318 g/mol. The molecule has 0 unspecified atom stereocenters. The Morgan fingerprint density at radius 2 is 2.04 bits per heavy atom. The van der Waals surface area contributed by atoms with Gasteiger partial charge in [-0.3, -0.25) is 4.79 Å². The fraction of sp³-hybridized carbons (Fsp3) is 0.467. The van der Waals surface area contributed by atoms with E-state index in [1.807, 2.05) is 13.8 Å². The number of hydrogen-bond donors (Lipinski definition) is 2. The largest absolute Gasteiger partial charge is 0.477 e. The molecule has 0 bridgehead atoms.